The Labute approximate surface area is 111 Å². The molecular formula is C14H16N2O3. The molecule has 1 N–H and O–H groups in total. The summed E-state index contributed by atoms with van der Waals surface area (Å²) in [5.74, 6) is 0.829. The summed E-state index contributed by atoms with van der Waals surface area (Å²) in [4.78, 5) is 14.9. The van der Waals surface area contributed by atoms with Crippen LogP contribution in [-0.4, -0.2) is 27.7 Å². The number of imidazole rings is 1. The van der Waals surface area contributed by atoms with Gasteiger partial charge in [0.1, 0.15) is 11.6 Å². The average Bonchev–Trinajstić information content (AvgIpc) is 2.78. The lowest BCUT2D eigenvalue weighted by Gasteiger charge is -2.05. The highest BCUT2D eigenvalue weighted by Crippen LogP contribution is 2.17. The number of benzene rings is 1. The number of aliphatic carboxylic acids is 1. The van der Waals surface area contributed by atoms with Crippen molar-refractivity contribution >= 4 is 5.97 Å². The predicted molar refractivity (Wildman–Crippen MR) is 70.8 cm³/mol. The van der Waals surface area contributed by atoms with Crippen molar-refractivity contribution in [1.29, 1.82) is 0 Å². The van der Waals surface area contributed by atoms with Crippen molar-refractivity contribution in [2.75, 3.05) is 7.11 Å². The molecule has 0 atom stereocenters. The quantitative estimate of drug-likeness (QED) is 0.895. The molecule has 5 nitrogen and oxygen atoms in total. The Morgan fingerprint density at radius 1 is 1.37 bits per heavy atom. The van der Waals surface area contributed by atoms with Gasteiger partial charge in [0.25, 0.3) is 0 Å². The molecule has 0 bridgehead atoms. The van der Waals surface area contributed by atoms with Crippen LogP contribution in [0.1, 0.15) is 17.9 Å². The van der Waals surface area contributed by atoms with Crippen LogP contribution in [0.15, 0.2) is 30.5 Å². The van der Waals surface area contributed by atoms with Gasteiger partial charge in [-0.05, 0) is 31.2 Å². The van der Waals surface area contributed by atoms with Gasteiger partial charge in [-0.1, -0.05) is 0 Å². The number of aromatic nitrogens is 2. The fourth-order valence-electron chi connectivity index (χ4n) is 1.89. The van der Waals surface area contributed by atoms with Gasteiger partial charge < -0.3 is 14.4 Å². The number of carbonyl (C=O) groups is 1. The van der Waals surface area contributed by atoms with Crippen LogP contribution in [0.3, 0.4) is 0 Å². The minimum absolute atomic E-state index is 0.0963. The van der Waals surface area contributed by atoms with E-state index >= 15 is 0 Å². The SMILES string of the molecule is COc1ccc(-n2cc(CCC(=O)O)nc2C)cc1. The largest absolute Gasteiger partial charge is 0.497 e. The van der Waals surface area contributed by atoms with Gasteiger partial charge in [0.2, 0.25) is 0 Å². The van der Waals surface area contributed by atoms with Gasteiger partial charge in [-0.3, -0.25) is 4.79 Å². The van der Waals surface area contributed by atoms with E-state index < -0.39 is 5.97 Å². The van der Waals surface area contributed by atoms with E-state index in [1.807, 2.05) is 42.0 Å². The zero-order chi connectivity index (χ0) is 13.8. The lowest BCUT2D eigenvalue weighted by atomic mass is 10.2. The third-order valence-electron chi connectivity index (χ3n) is 2.88. The number of methoxy groups -OCH3 is 1. The van der Waals surface area contributed by atoms with E-state index in [0.29, 0.717) is 6.42 Å². The summed E-state index contributed by atoms with van der Waals surface area (Å²) in [6, 6.07) is 7.64. The second-order valence-electron chi connectivity index (χ2n) is 4.24. The Hall–Kier alpha value is -2.30. The number of carboxylic acids is 1. The molecule has 2 rings (SSSR count). The number of carboxylic acid groups (broad SMARTS) is 1. The van der Waals surface area contributed by atoms with Crippen LogP contribution in [0.2, 0.25) is 0 Å². The van der Waals surface area contributed by atoms with Crippen LogP contribution < -0.4 is 4.74 Å². The van der Waals surface area contributed by atoms with Crippen molar-refractivity contribution < 1.29 is 14.6 Å². The third kappa shape index (κ3) is 3.13. The number of aryl methyl sites for hydroxylation is 2. The van der Waals surface area contributed by atoms with E-state index in [0.717, 1.165) is 23.0 Å². The third-order valence-corrected chi connectivity index (χ3v) is 2.88. The van der Waals surface area contributed by atoms with Gasteiger partial charge in [0.15, 0.2) is 0 Å². The minimum Gasteiger partial charge on any atom is -0.497 e. The number of hydrogen-bond donors (Lipinski definition) is 1. The van der Waals surface area contributed by atoms with Crippen molar-refractivity contribution in [3.8, 4) is 11.4 Å². The minimum atomic E-state index is -0.809. The van der Waals surface area contributed by atoms with Gasteiger partial charge in [-0.2, -0.15) is 0 Å². The Kier molecular flexibility index (Phi) is 3.85. The van der Waals surface area contributed by atoms with Gasteiger partial charge in [-0.15, -0.1) is 0 Å². The van der Waals surface area contributed by atoms with Gasteiger partial charge in [-0.25, -0.2) is 4.98 Å². The maximum atomic E-state index is 10.6. The molecule has 0 radical (unpaired) electrons. The summed E-state index contributed by atoms with van der Waals surface area (Å²) < 4.78 is 7.06. The molecule has 0 saturated heterocycles. The lowest BCUT2D eigenvalue weighted by Crippen LogP contribution is -1.97. The van der Waals surface area contributed by atoms with E-state index in [2.05, 4.69) is 4.98 Å². The molecule has 0 spiro atoms. The average molecular weight is 260 g/mol. The number of nitrogens with zero attached hydrogens (tertiary/aromatic N) is 2. The van der Waals surface area contributed by atoms with Crippen molar-refractivity contribution in [2.24, 2.45) is 0 Å². The Morgan fingerprint density at radius 2 is 2.05 bits per heavy atom. The van der Waals surface area contributed by atoms with Crippen molar-refractivity contribution in [1.82, 2.24) is 9.55 Å². The molecule has 1 aromatic carbocycles. The maximum Gasteiger partial charge on any atom is 0.303 e. The smallest absolute Gasteiger partial charge is 0.303 e. The van der Waals surface area contributed by atoms with Crippen LogP contribution in [0.25, 0.3) is 5.69 Å². The van der Waals surface area contributed by atoms with Gasteiger partial charge in [0, 0.05) is 18.3 Å². The van der Waals surface area contributed by atoms with Crippen LogP contribution in [0.5, 0.6) is 5.75 Å². The highest BCUT2D eigenvalue weighted by Gasteiger charge is 2.07. The van der Waals surface area contributed by atoms with Gasteiger partial charge >= 0.3 is 5.97 Å². The second-order valence-corrected chi connectivity index (χ2v) is 4.24. The van der Waals surface area contributed by atoms with Crippen LogP contribution >= 0.6 is 0 Å². The molecule has 0 aliphatic carbocycles. The molecule has 0 amide bonds. The van der Waals surface area contributed by atoms with E-state index in [-0.39, 0.29) is 6.42 Å². The van der Waals surface area contributed by atoms with Gasteiger partial charge in [0.05, 0.1) is 19.2 Å². The molecule has 5 heteroatoms. The topological polar surface area (TPSA) is 64.3 Å². The molecule has 100 valence electrons. The number of hydrogen-bond acceptors (Lipinski definition) is 3. The summed E-state index contributed by atoms with van der Waals surface area (Å²) >= 11 is 0. The van der Waals surface area contributed by atoms with Crippen molar-refractivity contribution in [2.45, 2.75) is 19.8 Å². The number of rotatable bonds is 5. The van der Waals surface area contributed by atoms with E-state index in [1.165, 1.54) is 0 Å². The predicted octanol–water partition coefficient (Wildman–Crippen LogP) is 2.21. The summed E-state index contributed by atoms with van der Waals surface area (Å²) in [5, 5.41) is 8.68. The molecule has 0 unspecified atom stereocenters. The van der Waals surface area contributed by atoms with E-state index in [4.69, 9.17) is 9.84 Å². The molecule has 2 aromatic rings. The first-order chi connectivity index (χ1) is 9.10. The summed E-state index contributed by atoms with van der Waals surface area (Å²) in [6.07, 6.45) is 2.42. The van der Waals surface area contributed by atoms with Crippen molar-refractivity contribution in [3.05, 3.63) is 42.0 Å². The fraction of sp³-hybridized carbons (Fsp3) is 0.286. The lowest BCUT2D eigenvalue weighted by molar-refractivity contribution is -0.136. The zero-order valence-electron chi connectivity index (χ0n) is 11.0. The molecular weight excluding hydrogens is 244 g/mol. The molecule has 1 heterocycles. The van der Waals surface area contributed by atoms with Crippen molar-refractivity contribution in [3.63, 3.8) is 0 Å². The zero-order valence-corrected chi connectivity index (χ0v) is 11.0. The summed E-state index contributed by atoms with van der Waals surface area (Å²) in [5.41, 5.74) is 1.77. The number of ether oxygens (including phenoxy) is 1. The van der Waals surface area contributed by atoms with Crippen LogP contribution in [0, 0.1) is 6.92 Å². The maximum absolute atomic E-state index is 10.6. The molecule has 0 aliphatic rings. The first-order valence-corrected chi connectivity index (χ1v) is 6.01. The monoisotopic (exact) mass is 260 g/mol. The normalized spacial score (nSPS) is 10.4. The molecule has 0 fully saturated rings. The summed E-state index contributed by atoms with van der Waals surface area (Å²) in [6.45, 7) is 1.90. The molecule has 19 heavy (non-hydrogen) atoms. The van der Waals surface area contributed by atoms with E-state index in [9.17, 15) is 4.79 Å². The standard InChI is InChI=1S/C14H16N2O3/c1-10-15-11(3-8-14(17)18)9-16(10)12-4-6-13(19-2)7-5-12/h4-7,9H,3,8H2,1-2H3,(H,17,18). The first kappa shape index (κ1) is 13.1. The highest BCUT2D eigenvalue weighted by atomic mass is 16.5. The highest BCUT2D eigenvalue weighted by molar-refractivity contribution is 5.66. The first-order valence-electron chi connectivity index (χ1n) is 6.01. The summed E-state index contributed by atoms with van der Waals surface area (Å²) in [7, 11) is 1.63. The Morgan fingerprint density at radius 3 is 2.63 bits per heavy atom. The van der Waals surface area contributed by atoms with Crippen LogP contribution in [-0.2, 0) is 11.2 Å². The second kappa shape index (κ2) is 5.56. The molecule has 0 aliphatic heterocycles. The van der Waals surface area contributed by atoms with Crippen LogP contribution in [0.4, 0.5) is 0 Å². The Balaban J connectivity index is 2.21. The molecule has 0 saturated carbocycles. The Bertz CT molecular complexity index is 573. The van der Waals surface area contributed by atoms with E-state index in [1.54, 1.807) is 7.11 Å². The molecule has 1 aromatic heterocycles. The fourth-order valence-corrected chi connectivity index (χ4v) is 1.89.